The van der Waals surface area contributed by atoms with Gasteiger partial charge in [0.15, 0.2) is 5.41 Å². The number of hydrogen-bond donors (Lipinski definition) is 1. The lowest BCUT2D eigenvalue weighted by atomic mass is 9.54. The number of nitrogens with one attached hydrogen (secondary N) is 1. The number of fused-ring (bicyclic) bond motifs is 1. The molecule has 1 aliphatic heterocycles. The lowest BCUT2D eigenvalue weighted by Crippen LogP contribution is -2.55. The maximum Gasteiger partial charge on any atom is 0.219 e. The van der Waals surface area contributed by atoms with Gasteiger partial charge in [0.1, 0.15) is 5.92 Å². The highest BCUT2D eigenvalue weighted by Gasteiger charge is 2.57. The topological polar surface area (TPSA) is 116 Å². The van der Waals surface area contributed by atoms with Gasteiger partial charge >= 0.3 is 0 Å². The monoisotopic (exact) mass is 357 g/mol. The average Bonchev–Trinajstić information content (AvgIpc) is 2.69. The van der Waals surface area contributed by atoms with Gasteiger partial charge in [-0.1, -0.05) is 36.4 Å². The normalized spacial score (nSPS) is 26.0. The van der Waals surface area contributed by atoms with E-state index in [1.807, 2.05) is 36.4 Å². The molecule has 1 aromatic carbocycles. The van der Waals surface area contributed by atoms with Crippen LogP contribution in [0.1, 0.15) is 12.5 Å². The summed E-state index contributed by atoms with van der Waals surface area (Å²) < 4.78 is 0. The lowest BCUT2D eigenvalue weighted by Gasteiger charge is -2.47. The number of amides is 1. The van der Waals surface area contributed by atoms with Crippen molar-refractivity contribution in [2.24, 2.45) is 23.2 Å². The van der Waals surface area contributed by atoms with E-state index in [4.69, 9.17) is 5.41 Å². The minimum Gasteiger partial charge on any atom is -0.339 e. The molecule has 1 N–H and O–H groups in total. The van der Waals surface area contributed by atoms with Crippen LogP contribution in [-0.4, -0.2) is 29.6 Å². The number of nitrogens with zero attached hydrogens (tertiary/aromatic N) is 4. The number of nitriles is 3. The van der Waals surface area contributed by atoms with E-state index >= 15 is 0 Å². The predicted octanol–water partition coefficient (Wildman–Crippen LogP) is 2.46. The molecule has 134 valence electrons. The number of rotatable bonds is 2. The molecule has 1 unspecified atom stereocenters. The van der Waals surface area contributed by atoms with Crippen LogP contribution >= 0.6 is 0 Å². The number of carbonyl (C=O) groups is 1. The summed E-state index contributed by atoms with van der Waals surface area (Å²) in [5.41, 5.74) is -0.102. The van der Waals surface area contributed by atoms with E-state index in [-0.39, 0.29) is 17.5 Å². The van der Waals surface area contributed by atoms with Gasteiger partial charge in [0.2, 0.25) is 5.91 Å². The first-order valence-electron chi connectivity index (χ1n) is 8.79. The molecule has 1 amide bonds. The van der Waals surface area contributed by atoms with Gasteiger partial charge in [-0.2, -0.15) is 15.8 Å². The molecule has 1 fully saturated rings. The third-order valence-corrected chi connectivity index (χ3v) is 5.71. The van der Waals surface area contributed by atoms with Crippen molar-refractivity contribution in [2.75, 3.05) is 13.1 Å². The maximum atomic E-state index is 11.9. The molecular weight excluding hydrogens is 338 g/mol. The molecule has 2 aliphatic rings. The Balaban J connectivity index is 2.14. The molecule has 0 radical (unpaired) electrons. The van der Waals surface area contributed by atoms with Crippen LogP contribution in [0.15, 0.2) is 42.0 Å². The fourth-order valence-electron chi connectivity index (χ4n) is 4.24. The first-order chi connectivity index (χ1) is 13.0. The minimum atomic E-state index is -1.68. The Hall–Kier alpha value is -3.43. The Kier molecular flexibility index (Phi) is 4.80. The first kappa shape index (κ1) is 18.4. The molecule has 0 spiro atoms. The highest BCUT2D eigenvalue weighted by atomic mass is 16.2. The van der Waals surface area contributed by atoms with Gasteiger partial charge in [-0.3, -0.25) is 4.79 Å². The molecule has 0 saturated heterocycles. The third kappa shape index (κ3) is 2.88. The molecule has 3 atom stereocenters. The van der Waals surface area contributed by atoms with Gasteiger partial charge in [-0.15, -0.1) is 0 Å². The Labute approximate surface area is 158 Å². The van der Waals surface area contributed by atoms with Crippen LogP contribution in [0, 0.1) is 62.6 Å². The van der Waals surface area contributed by atoms with Crippen LogP contribution in [0.2, 0.25) is 0 Å². The maximum absolute atomic E-state index is 11.9. The van der Waals surface area contributed by atoms with Gasteiger partial charge in [0.25, 0.3) is 0 Å². The lowest BCUT2D eigenvalue weighted by molar-refractivity contribution is -0.129. The van der Waals surface area contributed by atoms with Crippen molar-refractivity contribution < 1.29 is 4.79 Å². The second kappa shape index (κ2) is 7.06. The molecule has 1 heterocycles. The predicted molar refractivity (Wildman–Crippen MR) is 98.0 cm³/mol. The van der Waals surface area contributed by atoms with Gasteiger partial charge < -0.3 is 10.3 Å². The van der Waals surface area contributed by atoms with Crippen molar-refractivity contribution in [1.29, 1.82) is 21.2 Å². The number of benzene rings is 1. The Morgan fingerprint density at radius 3 is 2.48 bits per heavy atom. The van der Waals surface area contributed by atoms with Crippen molar-refractivity contribution in [2.45, 2.75) is 13.3 Å². The fourth-order valence-corrected chi connectivity index (χ4v) is 4.24. The van der Waals surface area contributed by atoms with E-state index in [9.17, 15) is 20.6 Å². The van der Waals surface area contributed by atoms with Crippen molar-refractivity contribution >= 4 is 11.6 Å². The summed E-state index contributed by atoms with van der Waals surface area (Å²) in [5.74, 6) is -1.78. The van der Waals surface area contributed by atoms with Gasteiger partial charge in [-0.25, -0.2) is 0 Å². The summed E-state index contributed by atoms with van der Waals surface area (Å²) >= 11 is 0. The standard InChI is InChI=1S/C21H19N5O/c1-14(27)26-8-7-16-17(10-22)20(25)21(12-23,13-24)19(18(16)11-26)9-15-5-3-2-4-6-15/h2-7,17-19,25H,8-9,11H2,1H3/t17?,18-,19+/m0/s1. The van der Waals surface area contributed by atoms with E-state index < -0.39 is 17.3 Å². The van der Waals surface area contributed by atoms with Crippen LogP contribution in [0.25, 0.3) is 0 Å². The summed E-state index contributed by atoms with van der Waals surface area (Å²) in [6.45, 7) is 2.23. The van der Waals surface area contributed by atoms with Crippen LogP contribution in [0.5, 0.6) is 0 Å². The summed E-state index contributed by atoms with van der Waals surface area (Å²) in [5, 5.41) is 38.0. The first-order valence-corrected chi connectivity index (χ1v) is 8.79. The Morgan fingerprint density at radius 2 is 1.93 bits per heavy atom. The zero-order valence-electron chi connectivity index (χ0n) is 15.0. The second-order valence-corrected chi connectivity index (χ2v) is 7.04. The van der Waals surface area contributed by atoms with E-state index in [0.717, 1.165) is 11.1 Å². The number of carbonyl (C=O) groups excluding carboxylic acids is 1. The van der Waals surface area contributed by atoms with Gasteiger partial charge in [0.05, 0.1) is 23.9 Å². The van der Waals surface area contributed by atoms with Crippen LogP contribution in [0.3, 0.4) is 0 Å². The quantitative estimate of drug-likeness (QED) is 0.818. The van der Waals surface area contributed by atoms with E-state index in [2.05, 4.69) is 18.2 Å². The van der Waals surface area contributed by atoms with Crippen molar-refractivity contribution in [3.05, 3.63) is 47.5 Å². The number of hydrogen-bond acceptors (Lipinski definition) is 5. The minimum absolute atomic E-state index is 0.0857. The Bertz CT molecular complexity index is 914. The molecule has 6 nitrogen and oxygen atoms in total. The summed E-state index contributed by atoms with van der Waals surface area (Å²) in [4.78, 5) is 13.6. The van der Waals surface area contributed by atoms with E-state index in [1.54, 1.807) is 4.90 Å². The van der Waals surface area contributed by atoms with E-state index in [0.29, 0.717) is 19.5 Å². The summed E-state index contributed by atoms with van der Waals surface area (Å²) in [7, 11) is 0. The molecule has 1 saturated carbocycles. The second-order valence-electron chi connectivity index (χ2n) is 7.04. The van der Waals surface area contributed by atoms with Crippen LogP contribution < -0.4 is 0 Å². The fraction of sp³-hybridized carbons (Fsp3) is 0.381. The van der Waals surface area contributed by atoms with E-state index in [1.165, 1.54) is 6.92 Å². The van der Waals surface area contributed by atoms with Crippen LogP contribution in [-0.2, 0) is 11.2 Å². The Morgan fingerprint density at radius 1 is 1.26 bits per heavy atom. The van der Waals surface area contributed by atoms with Gasteiger partial charge in [-0.05, 0) is 17.6 Å². The van der Waals surface area contributed by atoms with Crippen molar-refractivity contribution in [3.8, 4) is 18.2 Å². The highest BCUT2D eigenvalue weighted by Crippen LogP contribution is 2.49. The molecule has 3 rings (SSSR count). The molecule has 0 aromatic heterocycles. The average molecular weight is 357 g/mol. The molecule has 1 aliphatic carbocycles. The SMILES string of the molecule is CC(=O)N1CC=C2C(C#N)C(=N)C(C#N)(C#N)[C@H](Cc3ccccc3)[C@H]2C1. The van der Waals surface area contributed by atoms with Crippen LogP contribution in [0.4, 0.5) is 0 Å². The smallest absolute Gasteiger partial charge is 0.219 e. The summed E-state index contributed by atoms with van der Waals surface area (Å²) in [6, 6.07) is 15.8. The molecule has 0 bridgehead atoms. The van der Waals surface area contributed by atoms with Crippen molar-refractivity contribution in [1.82, 2.24) is 4.90 Å². The van der Waals surface area contributed by atoms with Gasteiger partial charge in [0, 0.05) is 31.8 Å². The zero-order chi connectivity index (χ0) is 19.6. The third-order valence-electron chi connectivity index (χ3n) is 5.71. The highest BCUT2D eigenvalue weighted by molar-refractivity contribution is 6.00. The molecule has 6 heteroatoms. The zero-order valence-corrected chi connectivity index (χ0v) is 15.0. The molecule has 27 heavy (non-hydrogen) atoms. The molecule has 1 aromatic rings. The summed E-state index contributed by atoms with van der Waals surface area (Å²) in [6.07, 6.45) is 2.25. The van der Waals surface area contributed by atoms with Crippen molar-refractivity contribution in [3.63, 3.8) is 0 Å². The largest absolute Gasteiger partial charge is 0.339 e. The molecular formula is C21H19N5O.